The molecule has 1 aliphatic heterocycles. The van der Waals surface area contributed by atoms with Crippen molar-refractivity contribution in [2.75, 3.05) is 26.2 Å². The molecule has 0 atom stereocenters. The summed E-state index contributed by atoms with van der Waals surface area (Å²) in [7, 11) is -3.90. The third kappa shape index (κ3) is 4.69. The van der Waals surface area contributed by atoms with Gasteiger partial charge in [0.05, 0.1) is 6.54 Å². The topological polar surface area (TPSA) is 99.9 Å². The van der Waals surface area contributed by atoms with Crippen LogP contribution in [0.5, 0.6) is 5.75 Å². The van der Waals surface area contributed by atoms with E-state index in [0.717, 1.165) is 11.1 Å². The van der Waals surface area contributed by atoms with Crippen molar-refractivity contribution in [3.8, 4) is 5.75 Å². The summed E-state index contributed by atoms with van der Waals surface area (Å²) >= 11 is 0. The summed E-state index contributed by atoms with van der Waals surface area (Å²) in [6, 6.07) is 17.1. The van der Waals surface area contributed by atoms with Gasteiger partial charge in [-0.05, 0) is 42.3 Å². The molecule has 0 unspecified atom stereocenters. The number of amides is 1. The van der Waals surface area contributed by atoms with Gasteiger partial charge in [0.25, 0.3) is 11.5 Å². The molecule has 1 saturated heterocycles. The fourth-order valence-corrected chi connectivity index (χ4v) is 5.46. The van der Waals surface area contributed by atoms with Crippen LogP contribution in [0.15, 0.2) is 76.6 Å². The van der Waals surface area contributed by atoms with Crippen molar-refractivity contribution in [1.29, 1.82) is 0 Å². The van der Waals surface area contributed by atoms with E-state index in [1.165, 1.54) is 32.0 Å². The summed E-state index contributed by atoms with van der Waals surface area (Å²) in [6.07, 6.45) is 1.64. The van der Waals surface area contributed by atoms with Crippen LogP contribution in [0.4, 0.5) is 0 Å². The Balaban J connectivity index is 1.48. The Morgan fingerprint density at radius 3 is 2.36 bits per heavy atom. The number of aryl methyl sites for hydroxylation is 1. The third-order valence-electron chi connectivity index (χ3n) is 5.71. The number of phenols is 1. The monoisotopic (exact) mass is 467 g/mol. The average molecular weight is 468 g/mol. The molecule has 0 aliphatic carbocycles. The molecule has 8 nitrogen and oxygen atoms in total. The van der Waals surface area contributed by atoms with Crippen LogP contribution >= 0.6 is 0 Å². The van der Waals surface area contributed by atoms with E-state index in [1.54, 1.807) is 25.3 Å². The Kier molecular flexibility index (Phi) is 6.35. The van der Waals surface area contributed by atoms with Crippen LogP contribution in [0, 0.1) is 6.92 Å². The number of aromatic nitrogens is 1. The minimum Gasteiger partial charge on any atom is -0.507 e. The van der Waals surface area contributed by atoms with Crippen molar-refractivity contribution in [3.05, 3.63) is 93.9 Å². The number of hydrogen-bond acceptors (Lipinski definition) is 5. The van der Waals surface area contributed by atoms with E-state index in [2.05, 4.69) is 0 Å². The summed E-state index contributed by atoms with van der Waals surface area (Å²) < 4.78 is 28.7. The fourth-order valence-electron chi connectivity index (χ4n) is 3.87. The maximum atomic E-state index is 13.1. The van der Waals surface area contributed by atoms with Crippen LogP contribution < -0.4 is 5.56 Å². The molecule has 2 heterocycles. The van der Waals surface area contributed by atoms with Crippen LogP contribution in [0.1, 0.15) is 21.5 Å². The molecular formula is C24H25N3O5S. The summed E-state index contributed by atoms with van der Waals surface area (Å²) in [5.41, 5.74) is 1.34. The molecular weight excluding hydrogens is 442 g/mol. The van der Waals surface area contributed by atoms with Gasteiger partial charge in [-0.15, -0.1) is 0 Å². The van der Waals surface area contributed by atoms with Crippen molar-refractivity contribution in [1.82, 2.24) is 13.8 Å². The van der Waals surface area contributed by atoms with Gasteiger partial charge in [0.15, 0.2) is 0 Å². The molecule has 1 aromatic heterocycles. The van der Waals surface area contributed by atoms with Gasteiger partial charge >= 0.3 is 0 Å². The largest absolute Gasteiger partial charge is 0.507 e. The lowest BCUT2D eigenvalue weighted by Gasteiger charge is -2.34. The van der Waals surface area contributed by atoms with Crippen molar-refractivity contribution >= 4 is 15.9 Å². The van der Waals surface area contributed by atoms with E-state index in [1.807, 2.05) is 30.3 Å². The molecule has 3 aromatic rings. The second-order valence-corrected chi connectivity index (χ2v) is 9.91. The van der Waals surface area contributed by atoms with Gasteiger partial charge in [0.1, 0.15) is 16.2 Å². The summed E-state index contributed by atoms with van der Waals surface area (Å²) in [5, 5.41) is 10.0. The Labute approximate surface area is 192 Å². The van der Waals surface area contributed by atoms with E-state index in [-0.39, 0.29) is 47.9 Å². The zero-order valence-corrected chi connectivity index (χ0v) is 19.0. The van der Waals surface area contributed by atoms with Crippen LogP contribution in [-0.2, 0) is 16.6 Å². The molecule has 1 fully saturated rings. The lowest BCUT2D eigenvalue weighted by Crippen LogP contribution is -2.51. The van der Waals surface area contributed by atoms with E-state index in [9.17, 15) is 23.1 Å². The number of pyridine rings is 1. The number of nitrogens with zero attached hydrogens (tertiary/aromatic N) is 3. The Bertz CT molecular complexity index is 1330. The second kappa shape index (κ2) is 9.21. The molecule has 4 rings (SSSR count). The van der Waals surface area contributed by atoms with Gasteiger partial charge in [0.2, 0.25) is 10.0 Å². The van der Waals surface area contributed by atoms with E-state index in [4.69, 9.17) is 0 Å². The zero-order chi connectivity index (χ0) is 23.6. The van der Waals surface area contributed by atoms with Crippen LogP contribution in [0.3, 0.4) is 0 Å². The predicted molar refractivity (Wildman–Crippen MR) is 124 cm³/mol. The normalized spacial score (nSPS) is 14.9. The van der Waals surface area contributed by atoms with Gasteiger partial charge in [-0.25, -0.2) is 8.42 Å². The van der Waals surface area contributed by atoms with E-state index < -0.39 is 15.9 Å². The van der Waals surface area contributed by atoms with E-state index in [0.29, 0.717) is 6.54 Å². The number of hydrogen-bond donors (Lipinski definition) is 1. The molecule has 2 aromatic carbocycles. The lowest BCUT2D eigenvalue weighted by molar-refractivity contribution is 0.0695. The van der Waals surface area contributed by atoms with Crippen LogP contribution in [0.2, 0.25) is 0 Å². The molecule has 0 saturated carbocycles. The summed E-state index contributed by atoms with van der Waals surface area (Å²) in [4.78, 5) is 27.3. The molecule has 9 heteroatoms. The Morgan fingerprint density at radius 2 is 1.67 bits per heavy atom. The Morgan fingerprint density at radius 1 is 0.970 bits per heavy atom. The maximum Gasteiger partial charge on any atom is 0.263 e. The number of carbonyl (C=O) groups excluding carboxylic acids is 1. The quantitative estimate of drug-likeness (QED) is 0.619. The molecule has 33 heavy (non-hydrogen) atoms. The highest BCUT2D eigenvalue weighted by molar-refractivity contribution is 7.89. The molecule has 0 spiro atoms. The van der Waals surface area contributed by atoms with Gasteiger partial charge in [-0.1, -0.05) is 36.4 Å². The lowest BCUT2D eigenvalue weighted by atomic mass is 10.2. The summed E-state index contributed by atoms with van der Waals surface area (Å²) in [6.45, 7) is 2.56. The molecule has 172 valence electrons. The number of sulfonamides is 1. The van der Waals surface area contributed by atoms with E-state index >= 15 is 0 Å². The first-order valence-corrected chi connectivity index (χ1v) is 12.0. The molecule has 0 bridgehead atoms. The van der Waals surface area contributed by atoms with Crippen LogP contribution in [-0.4, -0.2) is 59.4 Å². The zero-order valence-electron chi connectivity index (χ0n) is 18.2. The van der Waals surface area contributed by atoms with Gasteiger partial charge < -0.3 is 14.6 Å². The van der Waals surface area contributed by atoms with Crippen molar-refractivity contribution in [3.63, 3.8) is 0 Å². The van der Waals surface area contributed by atoms with Gasteiger partial charge in [-0.3, -0.25) is 9.59 Å². The smallest absolute Gasteiger partial charge is 0.263 e. The fraction of sp³-hybridized carbons (Fsp3) is 0.250. The second-order valence-electron chi connectivity index (χ2n) is 8.01. The summed E-state index contributed by atoms with van der Waals surface area (Å²) in [5.74, 6) is -0.722. The third-order valence-corrected chi connectivity index (χ3v) is 7.63. The maximum absolute atomic E-state index is 13.1. The minimum atomic E-state index is -3.90. The SMILES string of the molecule is Cc1ccc(O)c(S(=O)(=O)N2CCN(C(=O)c3cccn(Cc4ccccc4)c3=O)CC2)c1. The average Bonchev–Trinajstić information content (AvgIpc) is 2.82. The minimum absolute atomic E-state index is 0.0565. The number of phenolic OH excluding ortho intramolecular Hbond substituents is 1. The highest BCUT2D eigenvalue weighted by atomic mass is 32.2. The standard InChI is InChI=1S/C24H25N3O5S/c1-18-9-10-21(28)22(16-18)33(31,32)27-14-12-25(13-15-27)23(29)20-8-5-11-26(24(20)30)17-19-6-3-2-4-7-19/h2-11,16,28H,12-15,17H2,1H3. The van der Waals surface area contributed by atoms with Crippen molar-refractivity contribution in [2.45, 2.75) is 18.4 Å². The first kappa shape index (κ1) is 22.8. The highest BCUT2D eigenvalue weighted by Crippen LogP contribution is 2.27. The van der Waals surface area contributed by atoms with Gasteiger partial charge in [-0.2, -0.15) is 4.31 Å². The molecule has 0 radical (unpaired) electrons. The van der Waals surface area contributed by atoms with Crippen molar-refractivity contribution < 1.29 is 18.3 Å². The van der Waals surface area contributed by atoms with Crippen molar-refractivity contribution in [2.24, 2.45) is 0 Å². The predicted octanol–water partition coefficient (Wildman–Crippen LogP) is 2.06. The number of piperazine rings is 1. The van der Waals surface area contributed by atoms with Gasteiger partial charge in [0, 0.05) is 32.4 Å². The first-order valence-electron chi connectivity index (χ1n) is 10.6. The molecule has 1 amide bonds. The first-order chi connectivity index (χ1) is 15.8. The molecule has 1 N–H and O–H groups in total. The highest BCUT2D eigenvalue weighted by Gasteiger charge is 2.32. The number of benzene rings is 2. The Hall–Kier alpha value is -3.43. The number of rotatable bonds is 5. The van der Waals surface area contributed by atoms with Crippen LogP contribution in [0.25, 0.3) is 0 Å². The number of aromatic hydroxyl groups is 1. The molecule has 1 aliphatic rings. The number of carbonyl (C=O) groups is 1.